The first-order chi connectivity index (χ1) is 14.1. The lowest BCUT2D eigenvalue weighted by molar-refractivity contribution is -0.333. The predicted octanol–water partition coefficient (Wildman–Crippen LogP) is 4.09. The van der Waals surface area contributed by atoms with Crippen LogP contribution in [0.1, 0.15) is 25.3 Å². The fourth-order valence-corrected chi connectivity index (χ4v) is 3.31. The molecule has 0 aliphatic heterocycles. The zero-order chi connectivity index (χ0) is 24.1. The summed E-state index contributed by atoms with van der Waals surface area (Å²) in [4.78, 5) is 11.6. The van der Waals surface area contributed by atoms with Crippen molar-refractivity contribution in [2.45, 2.75) is 49.6 Å². The van der Waals surface area contributed by atoms with Crippen LogP contribution in [0.2, 0.25) is 0 Å². The lowest BCUT2D eigenvalue weighted by Gasteiger charge is -2.28. The standard InChI is InChI=1S/C17H19F7O6S/c1-3-29-12-9-7-11(8-10-12)5-4-6-13(14(25)28-2)30-31(26,27)17(23,24)15(18,19)16(20,21)22/h7-10,13H,3-6H2,1-2H3. The van der Waals surface area contributed by atoms with E-state index in [1.807, 2.05) is 0 Å². The van der Waals surface area contributed by atoms with Crippen molar-refractivity contribution in [3.8, 4) is 5.75 Å². The van der Waals surface area contributed by atoms with Crippen molar-refractivity contribution >= 4 is 16.1 Å². The van der Waals surface area contributed by atoms with Crippen LogP contribution in [-0.2, 0) is 30.3 Å². The number of benzene rings is 1. The first-order valence-electron chi connectivity index (χ1n) is 8.65. The molecule has 0 saturated carbocycles. The summed E-state index contributed by atoms with van der Waals surface area (Å²) in [7, 11) is -6.16. The Bertz CT molecular complexity index is 838. The molecule has 0 aromatic heterocycles. The van der Waals surface area contributed by atoms with Crippen molar-refractivity contribution in [1.82, 2.24) is 0 Å². The normalized spacial score (nSPS) is 14.2. The lowest BCUT2D eigenvalue weighted by atomic mass is 10.1. The number of carbonyl (C=O) groups excluding carboxylic acids is 1. The summed E-state index contributed by atoms with van der Waals surface area (Å²) in [6.07, 6.45) is -9.77. The van der Waals surface area contributed by atoms with Gasteiger partial charge in [-0.1, -0.05) is 12.1 Å². The Balaban J connectivity index is 2.93. The van der Waals surface area contributed by atoms with Gasteiger partial charge in [-0.05, 0) is 43.9 Å². The highest BCUT2D eigenvalue weighted by atomic mass is 32.2. The van der Waals surface area contributed by atoms with E-state index in [9.17, 15) is 43.9 Å². The average Bonchev–Trinajstić information content (AvgIpc) is 2.66. The van der Waals surface area contributed by atoms with Crippen LogP contribution < -0.4 is 4.74 Å². The lowest BCUT2D eigenvalue weighted by Crippen LogP contribution is -2.57. The molecule has 1 atom stereocenters. The number of rotatable bonds is 11. The molecular formula is C17H19F7O6S. The van der Waals surface area contributed by atoms with Gasteiger partial charge in [-0.3, -0.25) is 4.18 Å². The molecule has 0 heterocycles. The molecule has 1 aromatic rings. The van der Waals surface area contributed by atoms with Gasteiger partial charge in [-0.15, -0.1) is 0 Å². The molecule has 0 spiro atoms. The SMILES string of the molecule is CCOc1ccc(CCCC(OS(=O)(=O)C(F)(F)C(F)(F)C(F)(F)F)C(=O)OC)cc1. The van der Waals surface area contributed by atoms with Gasteiger partial charge in [0.05, 0.1) is 13.7 Å². The minimum Gasteiger partial charge on any atom is -0.494 e. The van der Waals surface area contributed by atoms with Gasteiger partial charge in [0.1, 0.15) is 5.75 Å². The van der Waals surface area contributed by atoms with Crippen molar-refractivity contribution in [2.75, 3.05) is 13.7 Å². The third-order valence-electron chi connectivity index (χ3n) is 3.91. The summed E-state index contributed by atoms with van der Waals surface area (Å²) in [5.74, 6) is -7.94. The minimum absolute atomic E-state index is 0.0789. The number of hydrogen-bond donors (Lipinski definition) is 0. The minimum atomic E-state index is -6.96. The fourth-order valence-electron chi connectivity index (χ4n) is 2.28. The number of hydrogen-bond acceptors (Lipinski definition) is 6. The Morgan fingerprint density at radius 1 is 1.03 bits per heavy atom. The number of aryl methyl sites for hydroxylation is 1. The van der Waals surface area contributed by atoms with E-state index in [1.54, 1.807) is 31.2 Å². The molecule has 6 nitrogen and oxygen atoms in total. The van der Waals surface area contributed by atoms with E-state index in [2.05, 4.69) is 8.92 Å². The van der Waals surface area contributed by atoms with Gasteiger partial charge >= 0.3 is 33.4 Å². The van der Waals surface area contributed by atoms with Crippen LogP contribution in [-0.4, -0.2) is 51.6 Å². The molecule has 14 heteroatoms. The van der Waals surface area contributed by atoms with Crippen LogP contribution in [0.15, 0.2) is 24.3 Å². The molecule has 1 aromatic carbocycles. The van der Waals surface area contributed by atoms with E-state index >= 15 is 0 Å². The summed E-state index contributed by atoms with van der Waals surface area (Å²) in [6.45, 7) is 2.19. The highest BCUT2D eigenvalue weighted by molar-refractivity contribution is 7.87. The zero-order valence-corrected chi connectivity index (χ0v) is 17.0. The third-order valence-corrected chi connectivity index (χ3v) is 5.28. The molecule has 0 amide bonds. The van der Waals surface area contributed by atoms with Gasteiger partial charge in [0, 0.05) is 0 Å². The van der Waals surface area contributed by atoms with Gasteiger partial charge in [-0.25, -0.2) is 4.79 Å². The summed E-state index contributed by atoms with van der Waals surface area (Å²) < 4.78 is 126. The number of carbonyl (C=O) groups is 1. The third kappa shape index (κ3) is 6.21. The molecule has 0 N–H and O–H groups in total. The van der Waals surface area contributed by atoms with Gasteiger partial charge in [0.2, 0.25) is 0 Å². The van der Waals surface area contributed by atoms with Crippen molar-refractivity contribution in [3.05, 3.63) is 29.8 Å². The van der Waals surface area contributed by atoms with Crippen LogP contribution >= 0.6 is 0 Å². The number of methoxy groups -OCH3 is 1. The summed E-state index contributed by atoms with van der Waals surface area (Å²) in [6, 6.07) is 6.45. The van der Waals surface area contributed by atoms with E-state index in [4.69, 9.17) is 4.74 Å². The quantitative estimate of drug-likeness (QED) is 0.268. The fraction of sp³-hybridized carbons (Fsp3) is 0.588. The van der Waals surface area contributed by atoms with Crippen LogP contribution in [0.3, 0.4) is 0 Å². The number of esters is 1. The molecule has 0 fully saturated rings. The second-order valence-corrected chi connectivity index (χ2v) is 7.73. The Hall–Kier alpha value is -2.09. The molecule has 1 unspecified atom stereocenters. The molecule has 0 radical (unpaired) electrons. The van der Waals surface area contributed by atoms with Crippen molar-refractivity contribution in [2.24, 2.45) is 0 Å². The average molecular weight is 484 g/mol. The highest BCUT2D eigenvalue weighted by Gasteiger charge is 2.79. The first kappa shape index (κ1) is 26.9. The highest BCUT2D eigenvalue weighted by Crippen LogP contribution is 2.49. The Labute approximate surface area is 173 Å². The van der Waals surface area contributed by atoms with Gasteiger partial charge in [-0.2, -0.15) is 39.2 Å². The summed E-state index contributed by atoms with van der Waals surface area (Å²) in [5.41, 5.74) is 0.656. The van der Waals surface area contributed by atoms with Crippen molar-refractivity contribution in [1.29, 1.82) is 0 Å². The Morgan fingerprint density at radius 2 is 1.58 bits per heavy atom. The molecule has 31 heavy (non-hydrogen) atoms. The van der Waals surface area contributed by atoms with Crippen LogP contribution in [0.25, 0.3) is 0 Å². The van der Waals surface area contributed by atoms with E-state index in [0.717, 1.165) is 7.11 Å². The van der Waals surface area contributed by atoms with Crippen LogP contribution in [0, 0.1) is 0 Å². The molecule has 0 bridgehead atoms. The van der Waals surface area contributed by atoms with Crippen molar-refractivity contribution < 1.29 is 57.6 Å². The maximum atomic E-state index is 13.5. The molecular weight excluding hydrogens is 465 g/mol. The number of halogens is 7. The van der Waals surface area contributed by atoms with Gasteiger partial charge in [0.25, 0.3) is 0 Å². The Morgan fingerprint density at radius 3 is 2.03 bits per heavy atom. The number of ether oxygens (including phenoxy) is 2. The van der Waals surface area contributed by atoms with Gasteiger partial charge < -0.3 is 9.47 Å². The predicted molar refractivity (Wildman–Crippen MR) is 92.3 cm³/mol. The maximum absolute atomic E-state index is 13.5. The van der Waals surface area contributed by atoms with E-state index in [0.29, 0.717) is 17.9 Å². The molecule has 1 rings (SSSR count). The first-order valence-corrected chi connectivity index (χ1v) is 10.1. The van der Waals surface area contributed by atoms with E-state index in [1.165, 1.54) is 0 Å². The van der Waals surface area contributed by atoms with E-state index < -0.39 is 46.0 Å². The van der Waals surface area contributed by atoms with E-state index in [-0.39, 0.29) is 12.8 Å². The molecule has 0 aliphatic carbocycles. The second-order valence-electron chi connectivity index (χ2n) is 6.12. The van der Waals surface area contributed by atoms with Gasteiger partial charge in [0.15, 0.2) is 6.10 Å². The largest absolute Gasteiger partial charge is 0.494 e. The second kappa shape index (κ2) is 10.0. The Kier molecular flexibility index (Phi) is 8.71. The molecule has 0 saturated heterocycles. The van der Waals surface area contributed by atoms with Crippen molar-refractivity contribution in [3.63, 3.8) is 0 Å². The monoisotopic (exact) mass is 484 g/mol. The van der Waals surface area contributed by atoms with Crippen LogP contribution in [0.4, 0.5) is 30.7 Å². The number of alkyl halides is 7. The smallest absolute Gasteiger partial charge is 0.461 e. The topological polar surface area (TPSA) is 78.9 Å². The molecule has 178 valence electrons. The zero-order valence-electron chi connectivity index (χ0n) is 16.2. The summed E-state index contributed by atoms with van der Waals surface area (Å²) >= 11 is 0. The summed E-state index contributed by atoms with van der Waals surface area (Å²) in [5, 5.41) is -6.68. The van der Waals surface area contributed by atoms with Crippen LogP contribution in [0.5, 0.6) is 5.75 Å². The molecule has 0 aliphatic rings. The maximum Gasteiger partial charge on any atom is 0.461 e.